The molecule has 0 aliphatic rings. The van der Waals surface area contributed by atoms with Crippen molar-refractivity contribution in [2.75, 3.05) is 0 Å². The van der Waals surface area contributed by atoms with Gasteiger partial charge in [0.15, 0.2) is 0 Å². The van der Waals surface area contributed by atoms with Crippen LogP contribution in [0.15, 0.2) is 36.8 Å². The lowest BCUT2D eigenvalue weighted by atomic mass is 9.97. The molecule has 0 radical (unpaired) electrons. The highest BCUT2D eigenvalue weighted by atomic mass is 35.5. The number of hydrogen-bond donors (Lipinski definition) is 0. The fraction of sp³-hybridized carbons (Fsp3) is 0.0833. The van der Waals surface area contributed by atoms with Gasteiger partial charge in [0.25, 0.3) is 0 Å². The van der Waals surface area contributed by atoms with Crippen molar-refractivity contribution in [1.29, 1.82) is 5.26 Å². The molecule has 1 aromatic carbocycles. The van der Waals surface area contributed by atoms with Gasteiger partial charge in [-0.3, -0.25) is 0 Å². The van der Waals surface area contributed by atoms with E-state index in [-0.39, 0.29) is 0 Å². The van der Waals surface area contributed by atoms with Crippen LogP contribution in [0, 0.1) is 11.3 Å². The molecular formula is C12H7Cl2N3. The summed E-state index contributed by atoms with van der Waals surface area (Å²) < 4.78 is 0. The Morgan fingerprint density at radius 2 is 2.06 bits per heavy atom. The summed E-state index contributed by atoms with van der Waals surface area (Å²) in [4.78, 5) is 7.88. The SMILES string of the molecule is N#CC(c1ccncn1)c1ccc(Cl)cc1Cl. The van der Waals surface area contributed by atoms with Crippen molar-refractivity contribution in [1.82, 2.24) is 9.97 Å². The first-order valence-corrected chi connectivity index (χ1v) is 5.58. The highest BCUT2D eigenvalue weighted by molar-refractivity contribution is 6.35. The van der Waals surface area contributed by atoms with Crippen LogP contribution in [0.1, 0.15) is 17.2 Å². The van der Waals surface area contributed by atoms with Gasteiger partial charge in [-0.15, -0.1) is 0 Å². The van der Waals surface area contributed by atoms with E-state index < -0.39 is 5.92 Å². The number of halogens is 2. The lowest BCUT2D eigenvalue weighted by molar-refractivity contribution is 0.943. The molecule has 84 valence electrons. The Labute approximate surface area is 109 Å². The zero-order valence-electron chi connectivity index (χ0n) is 8.64. The van der Waals surface area contributed by atoms with Crippen LogP contribution >= 0.6 is 23.2 Å². The molecule has 1 unspecified atom stereocenters. The van der Waals surface area contributed by atoms with Crippen LogP contribution in [0.5, 0.6) is 0 Å². The highest BCUT2D eigenvalue weighted by Crippen LogP contribution is 2.30. The second-order valence-corrected chi connectivity index (χ2v) is 4.21. The Balaban J connectivity index is 2.47. The molecule has 0 saturated heterocycles. The van der Waals surface area contributed by atoms with Crippen molar-refractivity contribution in [3.63, 3.8) is 0 Å². The van der Waals surface area contributed by atoms with Gasteiger partial charge in [0, 0.05) is 16.2 Å². The third kappa shape index (κ3) is 2.55. The van der Waals surface area contributed by atoms with Crippen LogP contribution in [0.25, 0.3) is 0 Å². The lowest BCUT2D eigenvalue weighted by Gasteiger charge is -2.10. The smallest absolute Gasteiger partial charge is 0.115 e. The second-order valence-electron chi connectivity index (χ2n) is 3.36. The number of nitrogens with zero attached hydrogens (tertiary/aromatic N) is 3. The van der Waals surface area contributed by atoms with E-state index in [9.17, 15) is 5.26 Å². The summed E-state index contributed by atoms with van der Waals surface area (Å²) in [5, 5.41) is 10.2. The van der Waals surface area contributed by atoms with Gasteiger partial charge in [-0.25, -0.2) is 9.97 Å². The summed E-state index contributed by atoms with van der Waals surface area (Å²) in [7, 11) is 0. The zero-order chi connectivity index (χ0) is 12.3. The van der Waals surface area contributed by atoms with Gasteiger partial charge in [-0.2, -0.15) is 5.26 Å². The first kappa shape index (κ1) is 11.8. The maximum absolute atomic E-state index is 9.22. The molecule has 2 aromatic rings. The monoisotopic (exact) mass is 263 g/mol. The molecule has 0 aliphatic carbocycles. The quantitative estimate of drug-likeness (QED) is 0.834. The standard InChI is InChI=1S/C12H7Cl2N3/c13-8-1-2-9(11(14)5-8)10(6-15)12-3-4-16-7-17-12/h1-5,7,10H. The van der Waals surface area contributed by atoms with Crippen molar-refractivity contribution in [2.24, 2.45) is 0 Å². The topological polar surface area (TPSA) is 49.6 Å². The fourth-order valence-corrected chi connectivity index (χ4v) is 2.02. The van der Waals surface area contributed by atoms with E-state index >= 15 is 0 Å². The summed E-state index contributed by atoms with van der Waals surface area (Å²) in [6, 6.07) is 8.92. The number of hydrogen-bond acceptors (Lipinski definition) is 3. The van der Waals surface area contributed by atoms with Crippen LogP contribution < -0.4 is 0 Å². The highest BCUT2D eigenvalue weighted by Gasteiger charge is 2.17. The molecule has 0 saturated carbocycles. The van der Waals surface area contributed by atoms with Gasteiger partial charge < -0.3 is 0 Å². The number of aromatic nitrogens is 2. The van der Waals surface area contributed by atoms with Gasteiger partial charge in [0.1, 0.15) is 12.2 Å². The van der Waals surface area contributed by atoms with E-state index in [4.69, 9.17) is 23.2 Å². The molecule has 0 spiro atoms. The minimum atomic E-state index is -0.511. The maximum atomic E-state index is 9.22. The van der Waals surface area contributed by atoms with Crippen molar-refractivity contribution in [2.45, 2.75) is 5.92 Å². The second kappa shape index (κ2) is 5.13. The van der Waals surface area contributed by atoms with E-state index in [0.29, 0.717) is 21.3 Å². The van der Waals surface area contributed by atoms with Gasteiger partial charge in [-0.1, -0.05) is 29.3 Å². The average molecular weight is 264 g/mol. The number of rotatable bonds is 2. The van der Waals surface area contributed by atoms with Crippen LogP contribution in [0.2, 0.25) is 10.0 Å². The largest absolute Gasteiger partial charge is 0.245 e. The first-order chi connectivity index (χ1) is 8.22. The third-order valence-corrected chi connectivity index (χ3v) is 2.87. The molecule has 0 fully saturated rings. The maximum Gasteiger partial charge on any atom is 0.115 e. The van der Waals surface area contributed by atoms with Crippen LogP contribution in [0.4, 0.5) is 0 Å². The molecule has 17 heavy (non-hydrogen) atoms. The molecule has 3 nitrogen and oxygen atoms in total. The van der Waals surface area contributed by atoms with Gasteiger partial charge in [-0.05, 0) is 23.8 Å². The predicted molar refractivity (Wildman–Crippen MR) is 66.0 cm³/mol. The summed E-state index contributed by atoms with van der Waals surface area (Å²) in [6.07, 6.45) is 3.00. The van der Waals surface area contributed by atoms with Crippen LogP contribution in [-0.2, 0) is 0 Å². The summed E-state index contributed by atoms with van der Waals surface area (Å²) >= 11 is 11.9. The van der Waals surface area contributed by atoms with Crippen molar-refractivity contribution >= 4 is 23.2 Å². The van der Waals surface area contributed by atoms with Gasteiger partial charge in [0.2, 0.25) is 0 Å². The van der Waals surface area contributed by atoms with Crippen LogP contribution in [-0.4, -0.2) is 9.97 Å². The molecule has 1 aromatic heterocycles. The van der Waals surface area contributed by atoms with E-state index in [0.717, 1.165) is 0 Å². The summed E-state index contributed by atoms with van der Waals surface area (Å²) in [6.45, 7) is 0. The predicted octanol–water partition coefficient (Wildman–Crippen LogP) is 3.44. The molecule has 0 bridgehead atoms. The molecule has 1 atom stereocenters. The van der Waals surface area contributed by atoms with Gasteiger partial charge in [0.05, 0.1) is 11.8 Å². The van der Waals surface area contributed by atoms with Crippen molar-refractivity contribution in [3.05, 3.63) is 58.1 Å². The van der Waals surface area contributed by atoms with E-state index in [1.807, 2.05) is 0 Å². The van der Waals surface area contributed by atoms with E-state index in [1.165, 1.54) is 6.33 Å². The minimum absolute atomic E-state index is 0.461. The average Bonchev–Trinajstić information content (AvgIpc) is 2.34. The Morgan fingerprint density at radius 1 is 1.24 bits per heavy atom. The molecule has 0 amide bonds. The Hall–Kier alpha value is -1.63. The Morgan fingerprint density at radius 3 is 2.65 bits per heavy atom. The molecule has 0 N–H and O–H groups in total. The number of benzene rings is 1. The Kier molecular flexibility index (Phi) is 3.58. The molecular weight excluding hydrogens is 257 g/mol. The molecule has 2 rings (SSSR count). The lowest BCUT2D eigenvalue weighted by Crippen LogP contribution is -2.01. The zero-order valence-corrected chi connectivity index (χ0v) is 10.2. The summed E-state index contributed by atoms with van der Waals surface area (Å²) in [5.41, 5.74) is 1.31. The Bertz CT molecular complexity index is 564. The van der Waals surface area contributed by atoms with Crippen LogP contribution in [0.3, 0.4) is 0 Å². The van der Waals surface area contributed by atoms with E-state index in [1.54, 1.807) is 30.5 Å². The summed E-state index contributed by atoms with van der Waals surface area (Å²) in [5.74, 6) is -0.511. The third-order valence-electron chi connectivity index (χ3n) is 2.30. The molecule has 5 heteroatoms. The minimum Gasteiger partial charge on any atom is -0.245 e. The molecule has 0 aliphatic heterocycles. The number of nitriles is 1. The van der Waals surface area contributed by atoms with E-state index in [2.05, 4.69) is 16.0 Å². The van der Waals surface area contributed by atoms with Gasteiger partial charge >= 0.3 is 0 Å². The first-order valence-electron chi connectivity index (χ1n) is 4.83. The normalized spacial score (nSPS) is 11.8. The molecule has 1 heterocycles. The van der Waals surface area contributed by atoms with Crippen molar-refractivity contribution in [3.8, 4) is 6.07 Å². The van der Waals surface area contributed by atoms with Crippen molar-refractivity contribution < 1.29 is 0 Å². The fourth-order valence-electron chi connectivity index (χ4n) is 1.50.